The fourth-order valence-corrected chi connectivity index (χ4v) is 4.38. The van der Waals surface area contributed by atoms with Crippen molar-refractivity contribution in [3.8, 4) is 0 Å². The Balaban J connectivity index is 1.59. The zero-order valence-electron chi connectivity index (χ0n) is 17.7. The molecule has 0 bridgehead atoms. The molecule has 0 fully saturated rings. The Bertz CT molecular complexity index is 1120. The van der Waals surface area contributed by atoms with Crippen molar-refractivity contribution in [1.29, 1.82) is 0 Å². The summed E-state index contributed by atoms with van der Waals surface area (Å²) in [6, 6.07) is 12.4. The third-order valence-electron chi connectivity index (χ3n) is 4.70. The molecule has 0 spiro atoms. The lowest BCUT2D eigenvalue weighted by atomic mass is 10.1. The van der Waals surface area contributed by atoms with Crippen molar-refractivity contribution in [1.82, 2.24) is 20.1 Å². The third-order valence-corrected chi connectivity index (χ3v) is 6.21. The highest BCUT2D eigenvalue weighted by Crippen LogP contribution is 2.22. The van der Waals surface area contributed by atoms with Gasteiger partial charge in [-0.1, -0.05) is 60.1 Å². The van der Waals surface area contributed by atoms with Gasteiger partial charge in [0.15, 0.2) is 11.0 Å². The fraction of sp³-hybridized carbons (Fsp3) is 0.273. The molecule has 0 radical (unpaired) electrons. The van der Waals surface area contributed by atoms with Crippen molar-refractivity contribution in [2.75, 3.05) is 11.1 Å². The van der Waals surface area contributed by atoms with Gasteiger partial charge in [0, 0.05) is 17.3 Å². The van der Waals surface area contributed by atoms with E-state index in [1.807, 2.05) is 42.7 Å². The molecule has 1 heterocycles. The summed E-state index contributed by atoms with van der Waals surface area (Å²) in [6.45, 7) is 4.77. The maximum absolute atomic E-state index is 12.4. The number of hydrogen-bond acceptors (Lipinski definition) is 5. The van der Waals surface area contributed by atoms with Gasteiger partial charge < -0.3 is 15.2 Å². The van der Waals surface area contributed by atoms with E-state index >= 15 is 0 Å². The average molecular weight is 492 g/mol. The number of amides is 2. The zero-order chi connectivity index (χ0) is 23.1. The Morgan fingerprint density at radius 1 is 1.09 bits per heavy atom. The van der Waals surface area contributed by atoms with Crippen molar-refractivity contribution in [3.63, 3.8) is 0 Å². The molecule has 3 aromatic rings. The van der Waals surface area contributed by atoms with Crippen LogP contribution in [-0.4, -0.2) is 32.3 Å². The Kier molecular flexibility index (Phi) is 8.55. The van der Waals surface area contributed by atoms with E-state index < -0.39 is 0 Å². The molecule has 0 unspecified atom stereocenters. The van der Waals surface area contributed by atoms with E-state index in [-0.39, 0.29) is 29.1 Å². The largest absolute Gasteiger partial charge is 0.345 e. The van der Waals surface area contributed by atoms with Crippen molar-refractivity contribution in [2.24, 2.45) is 0 Å². The lowest BCUT2D eigenvalue weighted by molar-refractivity contribution is -0.113. The minimum Gasteiger partial charge on any atom is -0.345 e. The highest BCUT2D eigenvalue weighted by Gasteiger charge is 2.16. The molecule has 1 aromatic heterocycles. The van der Waals surface area contributed by atoms with Crippen molar-refractivity contribution in [3.05, 3.63) is 69.5 Å². The van der Waals surface area contributed by atoms with Gasteiger partial charge in [0.25, 0.3) is 5.91 Å². The standard InChI is InChI=1S/C22H23Cl2N5O2S/c1-3-14-7-5-6-8-18(14)26-20(30)13-32-22-28-27-19(29(22)4-2)12-25-21(31)16-10-9-15(23)11-17(16)24/h5-11H,3-4,12-13H2,1-2H3,(H,25,31)(H,26,30). The van der Waals surface area contributed by atoms with Gasteiger partial charge in [0.1, 0.15) is 0 Å². The predicted molar refractivity (Wildman–Crippen MR) is 129 cm³/mol. The first-order valence-electron chi connectivity index (χ1n) is 10.1. The second-order valence-corrected chi connectivity index (χ2v) is 8.58. The molecule has 0 atom stereocenters. The number of nitrogens with zero attached hydrogens (tertiary/aromatic N) is 3. The van der Waals surface area contributed by atoms with Crippen LogP contribution in [0.25, 0.3) is 0 Å². The van der Waals surface area contributed by atoms with Crippen molar-refractivity contribution >= 4 is 52.5 Å². The van der Waals surface area contributed by atoms with E-state index in [2.05, 4.69) is 20.8 Å². The van der Waals surface area contributed by atoms with Gasteiger partial charge >= 0.3 is 0 Å². The van der Waals surface area contributed by atoms with Gasteiger partial charge in [0.2, 0.25) is 5.91 Å². The summed E-state index contributed by atoms with van der Waals surface area (Å²) >= 11 is 13.3. The summed E-state index contributed by atoms with van der Waals surface area (Å²) < 4.78 is 1.86. The molecule has 0 aliphatic carbocycles. The highest BCUT2D eigenvalue weighted by molar-refractivity contribution is 7.99. The van der Waals surface area contributed by atoms with Crippen LogP contribution in [0.15, 0.2) is 47.6 Å². The number of nitrogens with one attached hydrogen (secondary N) is 2. The zero-order valence-corrected chi connectivity index (χ0v) is 20.0. The van der Waals surface area contributed by atoms with Crippen LogP contribution < -0.4 is 10.6 Å². The minimum absolute atomic E-state index is 0.117. The number of anilines is 1. The molecule has 7 nitrogen and oxygen atoms in total. The first kappa shape index (κ1) is 24.1. The number of aromatic nitrogens is 3. The molecule has 2 aromatic carbocycles. The van der Waals surface area contributed by atoms with E-state index in [4.69, 9.17) is 23.2 Å². The van der Waals surface area contributed by atoms with Crippen LogP contribution >= 0.6 is 35.0 Å². The number of hydrogen-bond donors (Lipinski definition) is 2. The van der Waals surface area contributed by atoms with Crippen molar-refractivity contribution < 1.29 is 9.59 Å². The predicted octanol–water partition coefficient (Wildman–Crippen LogP) is 4.83. The van der Waals surface area contributed by atoms with Gasteiger partial charge in [-0.05, 0) is 43.2 Å². The number of halogens is 2. The van der Waals surface area contributed by atoms with Crippen LogP contribution in [-0.2, 0) is 24.3 Å². The van der Waals surface area contributed by atoms with Crippen LogP contribution in [0.1, 0.15) is 35.6 Å². The summed E-state index contributed by atoms with van der Waals surface area (Å²) in [5.41, 5.74) is 2.24. The third kappa shape index (κ3) is 6.03. The van der Waals surface area contributed by atoms with Gasteiger partial charge in [-0.25, -0.2) is 0 Å². The van der Waals surface area contributed by atoms with Crippen LogP contribution in [0, 0.1) is 0 Å². The first-order valence-corrected chi connectivity index (χ1v) is 11.8. The Hall–Kier alpha value is -2.55. The Morgan fingerprint density at radius 2 is 1.88 bits per heavy atom. The number of thioether (sulfide) groups is 1. The van der Waals surface area contributed by atoms with Crippen LogP contribution in [0.5, 0.6) is 0 Å². The molecular formula is C22H23Cl2N5O2S. The minimum atomic E-state index is -0.333. The van der Waals surface area contributed by atoms with Crippen LogP contribution in [0.3, 0.4) is 0 Å². The quantitative estimate of drug-likeness (QED) is 0.418. The SMILES string of the molecule is CCc1ccccc1NC(=O)CSc1nnc(CNC(=O)c2ccc(Cl)cc2Cl)n1CC. The summed E-state index contributed by atoms with van der Waals surface area (Å²) in [4.78, 5) is 24.9. The molecule has 10 heteroatoms. The maximum Gasteiger partial charge on any atom is 0.253 e. The molecule has 0 aliphatic rings. The molecule has 3 rings (SSSR count). The normalized spacial score (nSPS) is 10.8. The maximum atomic E-state index is 12.4. The molecule has 2 N–H and O–H groups in total. The average Bonchev–Trinajstić information content (AvgIpc) is 3.18. The smallest absolute Gasteiger partial charge is 0.253 e. The van der Waals surface area contributed by atoms with E-state index in [1.54, 1.807) is 12.1 Å². The second kappa shape index (κ2) is 11.4. The summed E-state index contributed by atoms with van der Waals surface area (Å²) in [7, 11) is 0. The van der Waals surface area contributed by atoms with Crippen molar-refractivity contribution in [2.45, 2.75) is 38.5 Å². The second-order valence-electron chi connectivity index (χ2n) is 6.80. The van der Waals surface area contributed by atoms with Crippen LogP contribution in [0.4, 0.5) is 5.69 Å². The number of para-hydroxylation sites is 1. The number of rotatable bonds is 9. The van der Waals surface area contributed by atoms with E-state index in [0.29, 0.717) is 28.1 Å². The van der Waals surface area contributed by atoms with Gasteiger partial charge in [-0.15, -0.1) is 10.2 Å². The summed E-state index contributed by atoms with van der Waals surface area (Å²) in [5.74, 6) is 0.336. The molecule has 32 heavy (non-hydrogen) atoms. The summed E-state index contributed by atoms with van der Waals surface area (Å²) in [5, 5.41) is 15.4. The van der Waals surface area contributed by atoms with Gasteiger partial charge in [0.05, 0.1) is 22.9 Å². The number of benzene rings is 2. The van der Waals surface area contributed by atoms with Crippen LogP contribution in [0.2, 0.25) is 10.0 Å². The summed E-state index contributed by atoms with van der Waals surface area (Å²) in [6.07, 6.45) is 0.837. The monoisotopic (exact) mass is 491 g/mol. The molecular weight excluding hydrogens is 469 g/mol. The molecule has 0 saturated heterocycles. The fourth-order valence-electron chi connectivity index (χ4n) is 3.07. The lowest BCUT2D eigenvalue weighted by Gasteiger charge is -2.10. The number of carbonyl (C=O) groups excluding carboxylic acids is 2. The molecule has 0 aliphatic heterocycles. The van der Waals surface area contributed by atoms with E-state index in [0.717, 1.165) is 17.7 Å². The van der Waals surface area contributed by atoms with E-state index in [9.17, 15) is 9.59 Å². The molecule has 2 amide bonds. The van der Waals surface area contributed by atoms with E-state index in [1.165, 1.54) is 17.8 Å². The first-order chi connectivity index (χ1) is 15.4. The topological polar surface area (TPSA) is 88.9 Å². The lowest BCUT2D eigenvalue weighted by Crippen LogP contribution is -2.25. The number of aryl methyl sites for hydroxylation is 1. The van der Waals surface area contributed by atoms with Gasteiger partial charge in [-0.2, -0.15) is 0 Å². The Labute approximate surface area is 200 Å². The highest BCUT2D eigenvalue weighted by atomic mass is 35.5. The van der Waals surface area contributed by atoms with Gasteiger partial charge in [-0.3, -0.25) is 9.59 Å². The molecule has 168 valence electrons. The Morgan fingerprint density at radius 3 is 2.59 bits per heavy atom. The molecule has 0 saturated carbocycles. The number of carbonyl (C=O) groups is 2.